The first kappa shape index (κ1) is 17.8. The van der Waals surface area contributed by atoms with Crippen molar-refractivity contribution >= 4 is 23.4 Å². The third-order valence-corrected chi connectivity index (χ3v) is 5.94. The van der Waals surface area contributed by atoms with Gasteiger partial charge in [-0.3, -0.25) is 14.9 Å². The van der Waals surface area contributed by atoms with Crippen molar-refractivity contribution in [3.8, 4) is 0 Å². The van der Waals surface area contributed by atoms with E-state index >= 15 is 0 Å². The molecule has 0 aromatic heterocycles. The number of nitrogens with zero attached hydrogens (tertiary/aromatic N) is 1. The van der Waals surface area contributed by atoms with Crippen LogP contribution < -0.4 is 5.32 Å². The molecule has 5 nitrogen and oxygen atoms in total. The summed E-state index contributed by atoms with van der Waals surface area (Å²) in [4.78, 5) is 22.3. The van der Waals surface area contributed by atoms with Gasteiger partial charge in [-0.1, -0.05) is 13.8 Å². The maximum Gasteiger partial charge on any atom is 0.269 e. The zero-order valence-electron chi connectivity index (χ0n) is 13.7. The molecule has 1 fully saturated rings. The molecule has 0 spiro atoms. The molecule has 6 heteroatoms. The van der Waals surface area contributed by atoms with Gasteiger partial charge < -0.3 is 5.32 Å². The van der Waals surface area contributed by atoms with Gasteiger partial charge in [0.15, 0.2) is 0 Å². The molecule has 1 aromatic rings. The van der Waals surface area contributed by atoms with Crippen molar-refractivity contribution in [2.24, 2.45) is 11.8 Å². The van der Waals surface area contributed by atoms with Gasteiger partial charge in [0.1, 0.15) is 0 Å². The first-order valence-electron chi connectivity index (χ1n) is 8.13. The fourth-order valence-corrected chi connectivity index (χ4v) is 4.74. The van der Waals surface area contributed by atoms with Crippen molar-refractivity contribution in [3.05, 3.63) is 39.9 Å². The van der Waals surface area contributed by atoms with Crippen LogP contribution in [0.4, 0.5) is 5.69 Å². The average molecular weight is 336 g/mol. The number of carbonyl (C=O) groups excluding carboxylic acids is 1. The molecule has 2 rings (SSSR count). The molecule has 1 aromatic carbocycles. The van der Waals surface area contributed by atoms with Crippen LogP contribution in [0.3, 0.4) is 0 Å². The lowest BCUT2D eigenvalue weighted by Gasteiger charge is -2.26. The van der Waals surface area contributed by atoms with E-state index in [1.165, 1.54) is 42.9 Å². The summed E-state index contributed by atoms with van der Waals surface area (Å²) < 4.78 is 0. The molecule has 2 atom stereocenters. The van der Waals surface area contributed by atoms with Crippen molar-refractivity contribution in [3.63, 3.8) is 0 Å². The molecule has 1 saturated heterocycles. The van der Waals surface area contributed by atoms with Gasteiger partial charge in [-0.25, -0.2) is 0 Å². The Kier molecular flexibility index (Phi) is 6.45. The van der Waals surface area contributed by atoms with Gasteiger partial charge in [-0.2, -0.15) is 11.8 Å². The van der Waals surface area contributed by atoms with E-state index in [0.717, 1.165) is 6.42 Å². The highest BCUT2D eigenvalue weighted by Gasteiger charge is 2.27. The summed E-state index contributed by atoms with van der Waals surface area (Å²) in [6.45, 7) is 5.15. The molecule has 23 heavy (non-hydrogen) atoms. The van der Waals surface area contributed by atoms with Crippen LogP contribution in [0.5, 0.6) is 0 Å². The number of rotatable bonds is 7. The lowest BCUT2D eigenvalue weighted by atomic mass is 9.87. The van der Waals surface area contributed by atoms with Crippen LogP contribution in [-0.2, 0) is 0 Å². The van der Waals surface area contributed by atoms with Gasteiger partial charge in [-0.15, -0.1) is 0 Å². The third kappa shape index (κ3) is 4.96. The molecule has 0 radical (unpaired) electrons. The van der Waals surface area contributed by atoms with E-state index < -0.39 is 4.92 Å². The number of thioether (sulfide) groups is 1. The molecule has 1 aliphatic heterocycles. The van der Waals surface area contributed by atoms with Gasteiger partial charge in [0, 0.05) is 29.5 Å². The van der Waals surface area contributed by atoms with Crippen molar-refractivity contribution in [1.29, 1.82) is 0 Å². The number of amides is 1. The molecule has 1 heterocycles. The summed E-state index contributed by atoms with van der Waals surface area (Å²) in [6, 6.07) is 5.72. The summed E-state index contributed by atoms with van der Waals surface area (Å²) >= 11 is 2.06. The normalized spacial score (nSPS) is 18.8. The Morgan fingerprint density at radius 1 is 1.39 bits per heavy atom. The molecular weight excluding hydrogens is 312 g/mol. The zero-order valence-corrected chi connectivity index (χ0v) is 14.5. The van der Waals surface area contributed by atoms with Crippen LogP contribution in [0.15, 0.2) is 24.3 Å². The van der Waals surface area contributed by atoms with E-state index in [1.807, 2.05) is 0 Å². The zero-order chi connectivity index (χ0) is 16.8. The van der Waals surface area contributed by atoms with Crippen LogP contribution >= 0.6 is 11.8 Å². The monoisotopic (exact) mass is 336 g/mol. The van der Waals surface area contributed by atoms with Crippen LogP contribution in [0.2, 0.25) is 0 Å². The van der Waals surface area contributed by atoms with Gasteiger partial charge in [-0.05, 0) is 49.0 Å². The average Bonchev–Trinajstić information content (AvgIpc) is 3.05. The Morgan fingerprint density at radius 2 is 2.09 bits per heavy atom. The standard InChI is InChI=1S/C17H24N2O3S/c1-12(2)15(16-4-3-11-23-16)9-10-18-17(20)13-5-7-14(8-6-13)19(21)22/h5-8,12,15-16H,3-4,9-11H2,1-2H3,(H,18,20). The van der Waals surface area contributed by atoms with Crippen molar-refractivity contribution in [1.82, 2.24) is 5.32 Å². The molecule has 1 amide bonds. The van der Waals surface area contributed by atoms with E-state index in [4.69, 9.17) is 0 Å². The van der Waals surface area contributed by atoms with E-state index in [9.17, 15) is 14.9 Å². The Labute approximate surface area is 141 Å². The summed E-state index contributed by atoms with van der Waals surface area (Å²) in [6.07, 6.45) is 3.56. The topological polar surface area (TPSA) is 72.2 Å². The summed E-state index contributed by atoms with van der Waals surface area (Å²) in [5.74, 6) is 2.33. The van der Waals surface area contributed by atoms with Crippen molar-refractivity contribution in [2.75, 3.05) is 12.3 Å². The minimum atomic E-state index is -0.464. The fourth-order valence-electron chi connectivity index (χ4n) is 3.08. The molecule has 126 valence electrons. The largest absolute Gasteiger partial charge is 0.352 e. The van der Waals surface area contributed by atoms with Crippen molar-refractivity contribution in [2.45, 2.75) is 38.4 Å². The molecule has 0 bridgehead atoms. The fraction of sp³-hybridized carbons (Fsp3) is 0.588. The summed E-state index contributed by atoms with van der Waals surface area (Å²) in [5, 5.41) is 14.3. The molecule has 1 N–H and O–H groups in total. The second kappa shape index (κ2) is 8.34. The molecule has 1 aliphatic rings. The van der Waals surface area contributed by atoms with Crippen LogP contribution in [0.25, 0.3) is 0 Å². The Hall–Kier alpha value is -1.56. The lowest BCUT2D eigenvalue weighted by molar-refractivity contribution is -0.384. The van der Waals surface area contributed by atoms with Crippen LogP contribution in [-0.4, -0.2) is 28.4 Å². The third-order valence-electron chi connectivity index (χ3n) is 4.40. The SMILES string of the molecule is CC(C)C(CCNC(=O)c1ccc([N+](=O)[O-])cc1)C1CCCS1. The molecular formula is C17H24N2O3S. The van der Waals surface area contributed by atoms with E-state index in [-0.39, 0.29) is 11.6 Å². The predicted molar refractivity (Wildman–Crippen MR) is 93.9 cm³/mol. The highest BCUT2D eigenvalue weighted by Crippen LogP contribution is 2.37. The summed E-state index contributed by atoms with van der Waals surface area (Å²) in [7, 11) is 0. The van der Waals surface area contributed by atoms with Crippen LogP contribution in [0.1, 0.15) is 43.5 Å². The second-order valence-electron chi connectivity index (χ2n) is 6.31. The number of benzene rings is 1. The maximum absolute atomic E-state index is 12.1. The van der Waals surface area contributed by atoms with Crippen LogP contribution in [0, 0.1) is 22.0 Å². The Bertz CT molecular complexity index is 539. The van der Waals surface area contributed by atoms with Gasteiger partial charge in [0.05, 0.1) is 4.92 Å². The molecule has 0 saturated carbocycles. The number of hydrogen-bond acceptors (Lipinski definition) is 4. The van der Waals surface area contributed by atoms with E-state index in [1.54, 1.807) is 0 Å². The number of non-ortho nitro benzene ring substituents is 1. The quantitative estimate of drug-likeness (QED) is 0.606. The smallest absolute Gasteiger partial charge is 0.269 e. The number of nitro groups is 1. The Balaban J connectivity index is 1.84. The minimum Gasteiger partial charge on any atom is -0.352 e. The Morgan fingerprint density at radius 3 is 2.61 bits per heavy atom. The number of nitrogens with one attached hydrogen (secondary N) is 1. The van der Waals surface area contributed by atoms with E-state index in [0.29, 0.717) is 29.2 Å². The van der Waals surface area contributed by atoms with Gasteiger partial charge in [0.2, 0.25) is 0 Å². The number of carbonyl (C=O) groups is 1. The van der Waals surface area contributed by atoms with E-state index in [2.05, 4.69) is 30.9 Å². The minimum absolute atomic E-state index is 0.000296. The predicted octanol–water partition coefficient (Wildman–Crippen LogP) is 3.88. The summed E-state index contributed by atoms with van der Waals surface area (Å²) in [5.41, 5.74) is 0.464. The van der Waals surface area contributed by atoms with Crippen molar-refractivity contribution < 1.29 is 9.72 Å². The molecule has 0 aliphatic carbocycles. The second-order valence-corrected chi connectivity index (χ2v) is 7.65. The maximum atomic E-state index is 12.1. The number of nitro benzene ring substituents is 1. The van der Waals surface area contributed by atoms with Gasteiger partial charge >= 0.3 is 0 Å². The number of hydrogen-bond donors (Lipinski definition) is 1. The first-order chi connectivity index (χ1) is 11.0. The highest BCUT2D eigenvalue weighted by molar-refractivity contribution is 8.00. The lowest BCUT2D eigenvalue weighted by Crippen LogP contribution is -2.30. The first-order valence-corrected chi connectivity index (χ1v) is 9.18. The highest BCUT2D eigenvalue weighted by atomic mass is 32.2. The van der Waals surface area contributed by atoms with Gasteiger partial charge in [0.25, 0.3) is 11.6 Å². The molecule has 2 unspecified atom stereocenters.